The second-order valence-electron chi connectivity index (χ2n) is 4.76. The van der Waals surface area contributed by atoms with Gasteiger partial charge in [0.15, 0.2) is 5.96 Å². The van der Waals surface area contributed by atoms with E-state index in [0.29, 0.717) is 0 Å². The number of aliphatic imine (C=N–C) groups is 1. The van der Waals surface area contributed by atoms with Gasteiger partial charge in [-0.05, 0) is 12.8 Å². The average Bonchev–Trinajstić information content (AvgIpc) is 2.68. The molecule has 1 fully saturated rings. The molecular weight excluding hydrogens is 275 g/mol. The normalized spacial score (nSPS) is 26.2. The molecule has 2 unspecified atom stereocenters. The number of carboxylic acid groups (broad SMARTS) is 1. The fraction of sp³-hybridized carbons (Fsp3) is 0.727. The maximum Gasteiger partial charge on any atom is 1.00 e. The van der Waals surface area contributed by atoms with Gasteiger partial charge in [-0.1, -0.05) is 0 Å². The van der Waals surface area contributed by atoms with Crippen LogP contribution in [0.5, 0.6) is 0 Å². The number of aliphatic hydroxyl groups excluding tert-OH is 1. The number of aliphatic hydroxyl groups is 1. The minimum Gasteiger partial charge on any atom is -0.550 e. The molecule has 0 aromatic carbocycles. The first-order chi connectivity index (χ1) is 8.85. The number of carboxylic acids is 1. The number of carbonyl (C=O) groups is 2. The molecular formula is C11H19N4NaO4. The molecule has 8 nitrogen and oxygen atoms in total. The largest absolute Gasteiger partial charge is 1.00 e. The van der Waals surface area contributed by atoms with E-state index in [0.717, 1.165) is 0 Å². The second kappa shape index (κ2) is 8.46. The van der Waals surface area contributed by atoms with Crippen LogP contribution in [0.2, 0.25) is 0 Å². The molecule has 1 amide bonds. The van der Waals surface area contributed by atoms with E-state index in [1.54, 1.807) is 0 Å². The number of nitrogens with zero attached hydrogens (tertiary/aromatic N) is 1. The molecule has 6 N–H and O–H groups in total. The predicted octanol–water partition coefficient (Wildman–Crippen LogP) is -6.09. The fourth-order valence-electron chi connectivity index (χ4n) is 2.56. The number of hydrogen-bond acceptors (Lipinski definition) is 5. The van der Waals surface area contributed by atoms with Crippen molar-refractivity contribution in [1.82, 2.24) is 5.32 Å². The standard InChI is InChI=1S/C11H20N4O4.Na/c1-5(17)14-9(4-16)7-2-6(10(18)19)3-8(7)15-11(12)13;/h6-9,16H,2-4H2,1H3,(H,14,17)(H,18,19)(H4,12,13,15);/q;+1/p-1/t6?,7-,8+,9?;/m1./s1. The van der Waals surface area contributed by atoms with Crippen molar-refractivity contribution in [2.75, 3.05) is 6.61 Å². The van der Waals surface area contributed by atoms with E-state index in [1.807, 2.05) is 0 Å². The first kappa shape index (κ1) is 19.2. The Hall–Kier alpha value is -0.830. The van der Waals surface area contributed by atoms with Gasteiger partial charge in [0.25, 0.3) is 0 Å². The molecule has 9 heteroatoms. The molecule has 0 saturated heterocycles. The molecule has 4 atom stereocenters. The molecule has 0 heterocycles. The van der Waals surface area contributed by atoms with Crippen molar-refractivity contribution in [2.24, 2.45) is 28.3 Å². The van der Waals surface area contributed by atoms with Gasteiger partial charge >= 0.3 is 29.6 Å². The van der Waals surface area contributed by atoms with Gasteiger partial charge in [0, 0.05) is 24.7 Å². The van der Waals surface area contributed by atoms with Gasteiger partial charge in [0.2, 0.25) is 5.91 Å². The Labute approximate surface area is 139 Å². The van der Waals surface area contributed by atoms with Crippen molar-refractivity contribution in [3.05, 3.63) is 0 Å². The summed E-state index contributed by atoms with van der Waals surface area (Å²) in [5.74, 6) is -2.63. The third-order valence-corrected chi connectivity index (χ3v) is 3.33. The average molecular weight is 294 g/mol. The van der Waals surface area contributed by atoms with E-state index in [4.69, 9.17) is 11.5 Å². The van der Waals surface area contributed by atoms with Crippen LogP contribution in [-0.4, -0.2) is 41.6 Å². The topological polar surface area (TPSA) is 154 Å². The summed E-state index contributed by atoms with van der Waals surface area (Å²) in [6, 6.07) is -1.02. The summed E-state index contributed by atoms with van der Waals surface area (Å²) in [6.45, 7) is 1.02. The van der Waals surface area contributed by atoms with E-state index in [-0.39, 0.29) is 66.8 Å². The second-order valence-corrected chi connectivity index (χ2v) is 4.76. The van der Waals surface area contributed by atoms with Crippen molar-refractivity contribution in [1.29, 1.82) is 0 Å². The van der Waals surface area contributed by atoms with Crippen LogP contribution in [0.1, 0.15) is 19.8 Å². The van der Waals surface area contributed by atoms with E-state index in [9.17, 15) is 19.8 Å². The summed E-state index contributed by atoms with van der Waals surface area (Å²) in [7, 11) is 0. The zero-order chi connectivity index (χ0) is 14.6. The van der Waals surface area contributed by atoms with Crippen LogP contribution in [-0.2, 0) is 9.59 Å². The Morgan fingerprint density at radius 3 is 2.45 bits per heavy atom. The quantitative estimate of drug-likeness (QED) is 0.225. The van der Waals surface area contributed by atoms with Crippen LogP contribution in [0.25, 0.3) is 0 Å². The van der Waals surface area contributed by atoms with Gasteiger partial charge in [-0.2, -0.15) is 0 Å². The first-order valence-electron chi connectivity index (χ1n) is 6.02. The van der Waals surface area contributed by atoms with Crippen LogP contribution >= 0.6 is 0 Å². The van der Waals surface area contributed by atoms with Crippen molar-refractivity contribution < 1.29 is 49.4 Å². The summed E-state index contributed by atoms with van der Waals surface area (Å²) in [5.41, 5.74) is 10.6. The molecule has 1 saturated carbocycles. The molecule has 0 aromatic rings. The molecule has 1 aliphatic rings. The van der Waals surface area contributed by atoms with Gasteiger partial charge in [0.1, 0.15) is 0 Å². The molecule has 0 aliphatic heterocycles. The summed E-state index contributed by atoms with van der Waals surface area (Å²) in [4.78, 5) is 26.0. The van der Waals surface area contributed by atoms with Crippen LogP contribution in [0, 0.1) is 11.8 Å². The van der Waals surface area contributed by atoms with Gasteiger partial charge in [-0.3, -0.25) is 4.79 Å². The van der Waals surface area contributed by atoms with E-state index >= 15 is 0 Å². The molecule has 0 spiro atoms. The zero-order valence-electron chi connectivity index (χ0n) is 11.7. The van der Waals surface area contributed by atoms with Gasteiger partial charge < -0.3 is 31.8 Å². The van der Waals surface area contributed by atoms with E-state index in [1.165, 1.54) is 6.92 Å². The summed E-state index contributed by atoms with van der Waals surface area (Å²) in [6.07, 6.45) is 0.496. The summed E-state index contributed by atoms with van der Waals surface area (Å²) >= 11 is 0. The smallest absolute Gasteiger partial charge is 0.550 e. The number of guanidine groups is 1. The van der Waals surface area contributed by atoms with Crippen molar-refractivity contribution in [3.8, 4) is 0 Å². The molecule has 1 aliphatic carbocycles. The minimum atomic E-state index is -1.17. The first-order valence-corrected chi connectivity index (χ1v) is 6.02. The Kier molecular flexibility index (Phi) is 8.10. The van der Waals surface area contributed by atoms with Gasteiger partial charge in [-0.15, -0.1) is 0 Å². The predicted molar refractivity (Wildman–Crippen MR) is 65.5 cm³/mol. The zero-order valence-corrected chi connectivity index (χ0v) is 13.7. The molecule has 108 valence electrons. The maximum absolute atomic E-state index is 11.1. The Bertz CT molecular complexity index is 387. The Morgan fingerprint density at radius 1 is 1.45 bits per heavy atom. The van der Waals surface area contributed by atoms with Crippen molar-refractivity contribution in [2.45, 2.75) is 31.8 Å². The maximum atomic E-state index is 11.1. The Balaban J connectivity index is 0.00000361. The molecule has 1 rings (SSSR count). The van der Waals surface area contributed by atoms with Crippen molar-refractivity contribution >= 4 is 17.8 Å². The van der Waals surface area contributed by atoms with E-state index in [2.05, 4.69) is 10.3 Å². The summed E-state index contributed by atoms with van der Waals surface area (Å²) in [5, 5.41) is 22.8. The molecule has 0 radical (unpaired) electrons. The SMILES string of the molecule is CC(=O)NC(CO)[C@@H]1CC(C(=O)[O-])C[C@@H]1N=C(N)N.[Na+]. The van der Waals surface area contributed by atoms with Crippen molar-refractivity contribution in [3.63, 3.8) is 0 Å². The van der Waals surface area contributed by atoms with Crippen LogP contribution in [0.15, 0.2) is 4.99 Å². The van der Waals surface area contributed by atoms with Gasteiger partial charge in [0.05, 0.1) is 18.7 Å². The third-order valence-electron chi connectivity index (χ3n) is 3.33. The molecule has 20 heavy (non-hydrogen) atoms. The monoisotopic (exact) mass is 294 g/mol. The van der Waals surface area contributed by atoms with Crippen LogP contribution in [0.3, 0.4) is 0 Å². The van der Waals surface area contributed by atoms with Crippen LogP contribution in [0.4, 0.5) is 0 Å². The van der Waals surface area contributed by atoms with Gasteiger partial charge in [-0.25, -0.2) is 4.99 Å². The number of rotatable bonds is 5. The van der Waals surface area contributed by atoms with E-state index < -0.39 is 24.0 Å². The number of nitrogens with two attached hydrogens (primary N) is 2. The number of amides is 1. The number of carbonyl (C=O) groups excluding carboxylic acids is 2. The number of aliphatic carboxylic acids is 1. The molecule has 0 bridgehead atoms. The third kappa shape index (κ3) is 5.28. The number of nitrogens with one attached hydrogen (secondary N) is 1. The Morgan fingerprint density at radius 2 is 2.05 bits per heavy atom. The van der Waals surface area contributed by atoms with Crippen LogP contribution < -0.4 is 51.4 Å². The number of hydrogen-bond donors (Lipinski definition) is 4. The molecule has 0 aromatic heterocycles. The fourth-order valence-corrected chi connectivity index (χ4v) is 2.56. The minimum absolute atomic E-state index is 0. The summed E-state index contributed by atoms with van der Waals surface area (Å²) < 4.78 is 0.